The van der Waals surface area contributed by atoms with Crippen LogP contribution in [0.4, 0.5) is 0 Å². The molecule has 0 bridgehead atoms. The van der Waals surface area contributed by atoms with Gasteiger partial charge in [0.1, 0.15) is 17.7 Å². The van der Waals surface area contributed by atoms with E-state index in [2.05, 4.69) is 10.2 Å². The second-order valence-corrected chi connectivity index (χ2v) is 5.58. The van der Waals surface area contributed by atoms with Crippen LogP contribution in [-0.2, 0) is 12.3 Å². The normalized spacial score (nSPS) is 11.0. The van der Waals surface area contributed by atoms with E-state index in [-0.39, 0.29) is 5.63 Å². The zero-order valence-corrected chi connectivity index (χ0v) is 13.1. The summed E-state index contributed by atoms with van der Waals surface area (Å²) in [6.45, 7) is 2.84. The number of benzene rings is 1. The molecular weight excluding hydrogens is 302 g/mol. The lowest BCUT2D eigenvalue weighted by Crippen LogP contribution is -2.01. The molecule has 1 aromatic carbocycles. The van der Waals surface area contributed by atoms with Crippen molar-refractivity contribution in [1.29, 1.82) is 0 Å². The maximum Gasteiger partial charge on any atom is 0.336 e. The topological polar surface area (TPSA) is 70.2 Å². The van der Waals surface area contributed by atoms with Gasteiger partial charge < -0.3 is 13.7 Å². The standard InChI is InChI=1S/C15H15N3O3S/c1-3-18-9-16-17-15(18)22-8-10-6-14(19)21-13-7-11(20-2)4-5-12(10)13/h4-7,9H,3,8H2,1-2H3. The Bertz CT molecular complexity index is 857. The van der Waals surface area contributed by atoms with Gasteiger partial charge in [0, 0.05) is 29.8 Å². The fourth-order valence-electron chi connectivity index (χ4n) is 2.17. The Kier molecular flexibility index (Phi) is 4.15. The summed E-state index contributed by atoms with van der Waals surface area (Å²) in [7, 11) is 1.58. The first-order valence-electron chi connectivity index (χ1n) is 6.82. The van der Waals surface area contributed by atoms with Gasteiger partial charge >= 0.3 is 5.63 Å². The minimum atomic E-state index is -0.367. The van der Waals surface area contributed by atoms with Crippen LogP contribution < -0.4 is 10.4 Å². The number of hydrogen-bond donors (Lipinski definition) is 0. The molecule has 2 heterocycles. The second kappa shape index (κ2) is 6.23. The summed E-state index contributed by atoms with van der Waals surface area (Å²) < 4.78 is 12.4. The molecule has 0 radical (unpaired) electrons. The van der Waals surface area contributed by atoms with Gasteiger partial charge in [0.15, 0.2) is 5.16 Å². The summed E-state index contributed by atoms with van der Waals surface area (Å²) in [5.41, 5.74) is 1.07. The highest BCUT2D eigenvalue weighted by Crippen LogP contribution is 2.27. The molecule has 0 aliphatic heterocycles. The van der Waals surface area contributed by atoms with E-state index in [4.69, 9.17) is 9.15 Å². The van der Waals surface area contributed by atoms with Gasteiger partial charge in [-0.15, -0.1) is 10.2 Å². The first kappa shape index (κ1) is 14.6. The van der Waals surface area contributed by atoms with Crippen molar-refractivity contribution in [2.45, 2.75) is 24.4 Å². The van der Waals surface area contributed by atoms with Gasteiger partial charge in [-0.25, -0.2) is 4.79 Å². The number of nitrogens with zero attached hydrogens (tertiary/aromatic N) is 3. The van der Waals surface area contributed by atoms with Crippen LogP contribution in [0.1, 0.15) is 12.5 Å². The molecule has 2 aromatic heterocycles. The van der Waals surface area contributed by atoms with Crippen LogP contribution in [0.25, 0.3) is 11.0 Å². The molecule has 7 heteroatoms. The summed E-state index contributed by atoms with van der Waals surface area (Å²) in [6.07, 6.45) is 1.70. The summed E-state index contributed by atoms with van der Waals surface area (Å²) in [5, 5.41) is 9.72. The maximum absolute atomic E-state index is 11.7. The largest absolute Gasteiger partial charge is 0.497 e. The Morgan fingerprint density at radius 1 is 1.36 bits per heavy atom. The van der Waals surface area contributed by atoms with Gasteiger partial charge in [-0.05, 0) is 24.6 Å². The van der Waals surface area contributed by atoms with Crippen molar-refractivity contribution in [1.82, 2.24) is 14.8 Å². The average molecular weight is 317 g/mol. The third-order valence-corrected chi connectivity index (χ3v) is 4.34. The van der Waals surface area contributed by atoms with Crippen LogP contribution in [0.3, 0.4) is 0 Å². The molecule has 0 aliphatic carbocycles. The van der Waals surface area contributed by atoms with Crippen molar-refractivity contribution < 1.29 is 9.15 Å². The fraction of sp³-hybridized carbons (Fsp3) is 0.267. The van der Waals surface area contributed by atoms with E-state index < -0.39 is 0 Å². The van der Waals surface area contributed by atoms with Gasteiger partial charge in [0.05, 0.1) is 7.11 Å². The van der Waals surface area contributed by atoms with Crippen LogP contribution in [-0.4, -0.2) is 21.9 Å². The van der Waals surface area contributed by atoms with E-state index >= 15 is 0 Å². The molecule has 0 N–H and O–H groups in total. The lowest BCUT2D eigenvalue weighted by molar-refractivity contribution is 0.414. The summed E-state index contributed by atoms with van der Waals surface area (Å²) in [6, 6.07) is 7.00. The van der Waals surface area contributed by atoms with Gasteiger partial charge in [-0.3, -0.25) is 0 Å². The van der Waals surface area contributed by atoms with E-state index in [0.717, 1.165) is 22.7 Å². The lowest BCUT2D eigenvalue weighted by atomic mass is 10.1. The van der Waals surface area contributed by atoms with Gasteiger partial charge in [-0.2, -0.15) is 0 Å². The van der Waals surface area contributed by atoms with Crippen molar-refractivity contribution in [3.05, 3.63) is 46.6 Å². The highest BCUT2D eigenvalue weighted by Gasteiger charge is 2.10. The molecule has 0 aliphatic rings. The van der Waals surface area contributed by atoms with Gasteiger partial charge in [0.25, 0.3) is 0 Å². The number of thioether (sulfide) groups is 1. The van der Waals surface area contributed by atoms with Crippen molar-refractivity contribution in [2.24, 2.45) is 0 Å². The first-order valence-corrected chi connectivity index (χ1v) is 7.81. The molecule has 0 fully saturated rings. The Labute approximate surface area is 131 Å². The fourth-order valence-corrected chi connectivity index (χ4v) is 3.14. The van der Waals surface area contributed by atoms with E-state index in [1.54, 1.807) is 31.3 Å². The minimum absolute atomic E-state index is 0.367. The molecule has 6 nitrogen and oxygen atoms in total. The van der Waals surface area contributed by atoms with Crippen molar-refractivity contribution in [2.75, 3.05) is 7.11 Å². The molecule has 0 atom stereocenters. The monoisotopic (exact) mass is 317 g/mol. The summed E-state index contributed by atoms with van der Waals surface area (Å²) in [4.78, 5) is 11.7. The van der Waals surface area contributed by atoms with Gasteiger partial charge in [0.2, 0.25) is 0 Å². The first-order chi connectivity index (χ1) is 10.7. The number of aromatic nitrogens is 3. The third-order valence-electron chi connectivity index (χ3n) is 3.31. The van der Waals surface area contributed by atoms with Gasteiger partial charge in [-0.1, -0.05) is 11.8 Å². The van der Waals surface area contributed by atoms with Crippen LogP contribution in [0, 0.1) is 0 Å². The van der Waals surface area contributed by atoms with E-state index in [1.165, 1.54) is 6.07 Å². The Morgan fingerprint density at radius 3 is 3.00 bits per heavy atom. The van der Waals surface area contributed by atoms with Crippen molar-refractivity contribution >= 4 is 22.7 Å². The van der Waals surface area contributed by atoms with Crippen LogP contribution in [0.2, 0.25) is 0 Å². The van der Waals surface area contributed by atoms with Crippen LogP contribution in [0.15, 0.2) is 45.0 Å². The average Bonchev–Trinajstić information content (AvgIpc) is 2.99. The minimum Gasteiger partial charge on any atom is -0.497 e. The van der Waals surface area contributed by atoms with Crippen molar-refractivity contribution in [3.8, 4) is 5.75 Å². The zero-order chi connectivity index (χ0) is 15.5. The Balaban J connectivity index is 1.94. The number of rotatable bonds is 5. The van der Waals surface area contributed by atoms with Crippen LogP contribution >= 0.6 is 11.8 Å². The van der Waals surface area contributed by atoms with E-state index in [9.17, 15) is 4.79 Å². The molecule has 0 amide bonds. The maximum atomic E-state index is 11.7. The number of methoxy groups -OCH3 is 1. The Morgan fingerprint density at radius 2 is 2.23 bits per heavy atom. The van der Waals surface area contributed by atoms with E-state index in [1.807, 2.05) is 23.6 Å². The molecule has 0 unspecified atom stereocenters. The predicted molar refractivity (Wildman–Crippen MR) is 84.3 cm³/mol. The highest BCUT2D eigenvalue weighted by atomic mass is 32.2. The molecular formula is C15H15N3O3S. The number of fused-ring (bicyclic) bond motifs is 1. The molecule has 0 saturated carbocycles. The Hall–Kier alpha value is -2.28. The van der Waals surface area contributed by atoms with Crippen molar-refractivity contribution in [3.63, 3.8) is 0 Å². The number of aryl methyl sites for hydroxylation is 1. The summed E-state index contributed by atoms with van der Waals surface area (Å²) in [5.74, 6) is 1.28. The molecule has 3 aromatic rings. The second-order valence-electron chi connectivity index (χ2n) is 4.64. The molecule has 114 valence electrons. The SMILES string of the molecule is CCn1cnnc1SCc1cc(=O)oc2cc(OC)ccc12. The molecule has 3 rings (SSSR count). The third kappa shape index (κ3) is 2.85. The lowest BCUT2D eigenvalue weighted by Gasteiger charge is -2.07. The number of ether oxygens (including phenoxy) is 1. The van der Waals surface area contributed by atoms with Crippen LogP contribution in [0.5, 0.6) is 5.75 Å². The molecule has 0 spiro atoms. The number of hydrogen-bond acceptors (Lipinski definition) is 6. The smallest absolute Gasteiger partial charge is 0.336 e. The molecule has 0 saturated heterocycles. The highest BCUT2D eigenvalue weighted by molar-refractivity contribution is 7.98. The predicted octanol–water partition coefficient (Wildman–Crippen LogP) is 2.71. The zero-order valence-electron chi connectivity index (χ0n) is 12.3. The molecule has 22 heavy (non-hydrogen) atoms. The van der Waals surface area contributed by atoms with E-state index in [0.29, 0.717) is 17.1 Å². The quantitative estimate of drug-likeness (QED) is 0.532. The summed E-state index contributed by atoms with van der Waals surface area (Å²) >= 11 is 1.54.